The first kappa shape index (κ1) is 10.6. The minimum atomic E-state index is -4.28. The fourth-order valence-electron chi connectivity index (χ4n) is 1.38. The molecule has 0 bridgehead atoms. The van der Waals surface area contributed by atoms with Crippen molar-refractivity contribution in [2.75, 3.05) is 0 Å². The lowest BCUT2D eigenvalue weighted by Crippen LogP contribution is -2.23. The normalized spacial score (nSPS) is 15.1. The molecule has 0 saturated heterocycles. The third kappa shape index (κ3) is 2.18. The number of benzene rings is 1. The molecule has 16 heavy (non-hydrogen) atoms. The van der Waals surface area contributed by atoms with E-state index in [1.54, 1.807) is 18.5 Å². The Kier molecular flexibility index (Phi) is 2.60. The Balaban J connectivity index is 2.26. The molecule has 2 N–H and O–H groups in total. The van der Waals surface area contributed by atoms with Crippen molar-refractivity contribution >= 4 is 5.57 Å². The van der Waals surface area contributed by atoms with Gasteiger partial charge in [-0.25, -0.2) is 0 Å². The zero-order chi connectivity index (χ0) is 11.6. The second kappa shape index (κ2) is 3.92. The summed E-state index contributed by atoms with van der Waals surface area (Å²) in [6.45, 7) is 0. The predicted octanol–water partition coefficient (Wildman–Crippen LogP) is 2.67. The zero-order valence-corrected chi connectivity index (χ0v) is 8.18. The lowest BCUT2D eigenvalue weighted by molar-refractivity contribution is -0.137. The number of hydrogen-bond donors (Lipinski definition) is 2. The van der Waals surface area contributed by atoms with Gasteiger partial charge in [0.05, 0.1) is 5.56 Å². The van der Waals surface area contributed by atoms with E-state index in [2.05, 4.69) is 10.9 Å². The average molecular weight is 226 g/mol. The summed E-state index contributed by atoms with van der Waals surface area (Å²) in [4.78, 5) is 0. The second-order valence-electron chi connectivity index (χ2n) is 3.30. The summed E-state index contributed by atoms with van der Waals surface area (Å²) >= 11 is 0. The van der Waals surface area contributed by atoms with Crippen molar-refractivity contribution < 1.29 is 13.2 Å². The highest BCUT2D eigenvalue weighted by Gasteiger charge is 2.29. The van der Waals surface area contributed by atoms with E-state index in [0.717, 1.165) is 23.3 Å². The van der Waals surface area contributed by atoms with Gasteiger partial charge in [-0.2, -0.15) is 13.2 Å². The van der Waals surface area contributed by atoms with Gasteiger partial charge in [0.1, 0.15) is 0 Å². The maximum Gasteiger partial charge on any atom is 0.416 e. The Morgan fingerprint density at radius 1 is 0.938 bits per heavy atom. The number of hydrazine groups is 1. The summed E-state index contributed by atoms with van der Waals surface area (Å²) in [6, 6.07) is 5.05. The van der Waals surface area contributed by atoms with E-state index in [4.69, 9.17) is 0 Å². The van der Waals surface area contributed by atoms with Gasteiger partial charge in [0.25, 0.3) is 0 Å². The van der Waals surface area contributed by atoms with E-state index in [1.165, 1.54) is 12.1 Å². The van der Waals surface area contributed by atoms with Crippen LogP contribution in [0.1, 0.15) is 11.1 Å². The quantitative estimate of drug-likeness (QED) is 0.769. The Morgan fingerprint density at radius 2 is 1.62 bits per heavy atom. The van der Waals surface area contributed by atoms with Crippen LogP contribution >= 0.6 is 0 Å². The third-order valence-corrected chi connectivity index (χ3v) is 2.20. The Morgan fingerprint density at radius 3 is 2.12 bits per heavy atom. The molecular weight excluding hydrogens is 217 g/mol. The van der Waals surface area contributed by atoms with E-state index in [0.29, 0.717) is 0 Å². The molecule has 0 unspecified atom stereocenters. The molecule has 2 rings (SSSR count). The first-order valence-electron chi connectivity index (χ1n) is 4.63. The first-order valence-corrected chi connectivity index (χ1v) is 4.63. The Labute approximate surface area is 90.4 Å². The molecule has 1 aromatic rings. The minimum absolute atomic E-state index is 0.636. The molecule has 2 nitrogen and oxygen atoms in total. The maximum absolute atomic E-state index is 12.3. The van der Waals surface area contributed by atoms with Crippen molar-refractivity contribution in [1.29, 1.82) is 0 Å². The highest BCUT2D eigenvalue weighted by molar-refractivity contribution is 5.74. The zero-order valence-electron chi connectivity index (χ0n) is 8.18. The van der Waals surface area contributed by atoms with Crippen LogP contribution in [0.15, 0.2) is 42.7 Å². The molecule has 0 atom stereocenters. The lowest BCUT2D eigenvalue weighted by atomic mass is 10.0. The van der Waals surface area contributed by atoms with Crippen molar-refractivity contribution in [3.05, 3.63) is 53.9 Å². The van der Waals surface area contributed by atoms with E-state index in [9.17, 15) is 13.2 Å². The number of halogens is 3. The molecule has 0 aromatic heterocycles. The van der Waals surface area contributed by atoms with Crippen molar-refractivity contribution in [3.63, 3.8) is 0 Å². The number of allylic oxidation sites excluding steroid dienone is 2. The molecule has 0 saturated carbocycles. The number of nitrogens with one attached hydrogen (secondary N) is 2. The third-order valence-electron chi connectivity index (χ3n) is 2.20. The van der Waals surface area contributed by atoms with Gasteiger partial charge in [0.2, 0.25) is 0 Å². The van der Waals surface area contributed by atoms with Crippen LogP contribution in [0.5, 0.6) is 0 Å². The second-order valence-corrected chi connectivity index (χ2v) is 3.30. The van der Waals surface area contributed by atoms with Gasteiger partial charge in [-0.15, -0.1) is 0 Å². The fourth-order valence-corrected chi connectivity index (χ4v) is 1.38. The number of hydrogen-bond acceptors (Lipinski definition) is 2. The van der Waals surface area contributed by atoms with Crippen molar-refractivity contribution in [3.8, 4) is 0 Å². The van der Waals surface area contributed by atoms with Gasteiger partial charge < -0.3 is 10.9 Å². The summed E-state index contributed by atoms with van der Waals surface area (Å²) < 4.78 is 36.9. The molecule has 1 aliphatic rings. The van der Waals surface area contributed by atoms with Gasteiger partial charge in [0, 0.05) is 18.0 Å². The van der Waals surface area contributed by atoms with Crippen molar-refractivity contribution in [2.24, 2.45) is 0 Å². The number of alkyl halides is 3. The Hall–Kier alpha value is -1.91. The van der Waals surface area contributed by atoms with Crippen molar-refractivity contribution in [1.82, 2.24) is 10.9 Å². The summed E-state index contributed by atoms with van der Waals surface area (Å²) in [6.07, 6.45) is 0.851. The van der Waals surface area contributed by atoms with Crippen LogP contribution in [0.2, 0.25) is 0 Å². The van der Waals surface area contributed by atoms with Crippen LogP contribution in [0.3, 0.4) is 0 Å². The monoisotopic (exact) mass is 226 g/mol. The minimum Gasteiger partial charge on any atom is -0.309 e. The molecule has 1 aliphatic heterocycles. The van der Waals surface area contributed by atoms with Gasteiger partial charge in [-0.1, -0.05) is 12.1 Å². The predicted molar refractivity (Wildman–Crippen MR) is 54.8 cm³/mol. The summed E-state index contributed by atoms with van der Waals surface area (Å²) in [7, 11) is 0. The van der Waals surface area contributed by atoms with E-state index >= 15 is 0 Å². The van der Waals surface area contributed by atoms with Crippen LogP contribution in [0, 0.1) is 0 Å². The van der Waals surface area contributed by atoms with Crippen LogP contribution in [-0.2, 0) is 6.18 Å². The lowest BCUT2D eigenvalue weighted by Gasteiger charge is -2.11. The van der Waals surface area contributed by atoms with Crippen LogP contribution < -0.4 is 10.9 Å². The maximum atomic E-state index is 12.3. The van der Waals surface area contributed by atoms with Crippen molar-refractivity contribution in [2.45, 2.75) is 6.18 Å². The smallest absolute Gasteiger partial charge is 0.309 e. The van der Waals surface area contributed by atoms with Crippen LogP contribution in [0.25, 0.3) is 5.57 Å². The molecule has 84 valence electrons. The van der Waals surface area contributed by atoms with Gasteiger partial charge in [-0.05, 0) is 23.8 Å². The molecule has 0 fully saturated rings. The van der Waals surface area contributed by atoms with E-state index in [1.807, 2.05) is 0 Å². The highest BCUT2D eigenvalue weighted by Crippen LogP contribution is 2.30. The summed E-state index contributed by atoms with van der Waals surface area (Å²) in [5.41, 5.74) is 6.41. The molecule has 1 aromatic carbocycles. The first-order chi connectivity index (χ1) is 7.57. The van der Waals surface area contributed by atoms with Gasteiger partial charge in [-0.3, -0.25) is 0 Å². The van der Waals surface area contributed by atoms with Crippen LogP contribution in [-0.4, -0.2) is 0 Å². The molecule has 0 spiro atoms. The van der Waals surface area contributed by atoms with Gasteiger partial charge >= 0.3 is 6.18 Å². The highest BCUT2D eigenvalue weighted by atomic mass is 19.4. The summed E-state index contributed by atoms with van der Waals surface area (Å²) in [5.74, 6) is 0. The molecular formula is C11H9F3N2. The molecule has 0 aliphatic carbocycles. The SMILES string of the molecule is FC(F)(F)c1ccc(C2=CNNC=C2)cc1. The Bertz CT molecular complexity index is 430. The largest absolute Gasteiger partial charge is 0.416 e. The average Bonchev–Trinajstić information content (AvgIpc) is 2.29. The van der Waals surface area contributed by atoms with Gasteiger partial charge in [0.15, 0.2) is 0 Å². The van der Waals surface area contributed by atoms with Crippen LogP contribution in [0.4, 0.5) is 13.2 Å². The van der Waals surface area contributed by atoms with E-state index < -0.39 is 11.7 Å². The fraction of sp³-hybridized carbons (Fsp3) is 0.0909. The standard InChI is InChI=1S/C11H9F3N2/c12-11(13,14)10-3-1-8(2-4-10)9-5-6-15-16-7-9/h1-7,15-16H. The molecule has 0 radical (unpaired) electrons. The molecule has 0 amide bonds. The van der Waals surface area contributed by atoms with E-state index in [-0.39, 0.29) is 0 Å². The topological polar surface area (TPSA) is 24.1 Å². The molecule has 5 heteroatoms. The number of rotatable bonds is 1. The summed E-state index contributed by atoms with van der Waals surface area (Å²) in [5, 5.41) is 0. The molecule has 1 heterocycles.